The molecule has 0 aliphatic rings. The van der Waals surface area contributed by atoms with Crippen LogP contribution in [-0.2, 0) is 0 Å². The Morgan fingerprint density at radius 1 is 1.29 bits per heavy atom. The van der Waals surface area contributed by atoms with Crippen molar-refractivity contribution in [2.24, 2.45) is 4.99 Å². The zero-order valence-corrected chi connectivity index (χ0v) is 13.9. The molecule has 2 heterocycles. The lowest BCUT2D eigenvalue weighted by Gasteiger charge is -2.07. The number of halogens is 1. The second-order valence-corrected chi connectivity index (χ2v) is 5.50. The Bertz CT molecular complexity index is 923. The zero-order valence-electron chi connectivity index (χ0n) is 13.2. The molecule has 120 valence electrons. The minimum absolute atomic E-state index is 0.528. The second-order valence-electron chi connectivity index (χ2n) is 5.06. The van der Waals surface area contributed by atoms with E-state index in [1.54, 1.807) is 18.6 Å². The Labute approximate surface area is 145 Å². The maximum Gasteiger partial charge on any atom is 0.176 e. The number of benzene rings is 1. The highest BCUT2D eigenvalue weighted by Gasteiger charge is 2.16. The van der Waals surface area contributed by atoms with Gasteiger partial charge in [0, 0.05) is 28.5 Å². The van der Waals surface area contributed by atoms with Crippen LogP contribution in [0.3, 0.4) is 0 Å². The second kappa shape index (κ2) is 7.15. The number of furan rings is 1. The number of nitrogens with zero attached hydrogens (tertiary/aromatic N) is 2. The van der Waals surface area contributed by atoms with E-state index in [4.69, 9.17) is 16.0 Å². The molecule has 0 atom stereocenters. The SMILES string of the molecule is C=C(/N=C\C=C/C)c1oc2cnccc2c1Nc1ccc(Cl)cc1. The summed E-state index contributed by atoms with van der Waals surface area (Å²) in [5, 5.41) is 4.96. The average Bonchev–Trinajstić information content (AvgIpc) is 2.96. The number of pyridine rings is 1. The van der Waals surface area contributed by atoms with Gasteiger partial charge in [-0.2, -0.15) is 0 Å². The Morgan fingerprint density at radius 2 is 2.08 bits per heavy atom. The van der Waals surface area contributed by atoms with Crippen molar-refractivity contribution < 1.29 is 4.42 Å². The molecule has 0 amide bonds. The molecule has 5 heteroatoms. The van der Waals surface area contributed by atoms with E-state index in [1.807, 2.05) is 49.4 Å². The van der Waals surface area contributed by atoms with Crippen LogP contribution in [0.1, 0.15) is 12.7 Å². The first-order valence-electron chi connectivity index (χ1n) is 7.43. The number of aliphatic imine (C=N–C) groups is 1. The summed E-state index contributed by atoms with van der Waals surface area (Å²) in [5.74, 6) is 0.578. The minimum atomic E-state index is 0.528. The fourth-order valence-electron chi connectivity index (χ4n) is 2.23. The van der Waals surface area contributed by atoms with Crippen molar-refractivity contribution in [3.63, 3.8) is 0 Å². The number of hydrogen-bond donors (Lipinski definition) is 1. The van der Waals surface area contributed by atoms with Crippen LogP contribution in [0.5, 0.6) is 0 Å². The average molecular weight is 338 g/mol. The summed E-state index contributed by atoms with van der Waals surface area (Å²) >= 11 is 5.95. The summed E-state index contributed by atoms with van der Waals surface area (Å²) in [5.41, 5.74) is 2.90. The summed E-state index contributed by atoms with van der Waals surface area (Å²) in [6.07, 6.45) is 8.81. The van der Waals surface area contributed by atoms with Gasteiger partial charge in [0.2, 0.25) is 0 Å². The van der Waals surface area contributed by atoms with Crippen LogP contribution in [0.4, 0.5) is 11.4 Å². The van der Waals surface area contributed by atoms with Gasteiger partial charge >= 0.3 is 0 Å². The summed E-state index contributed by atoms with van der Waals surface area (Å²) in [6.45, 7) is 5.93. The lowest BCUT2D eigenvalue weighted by atomic mass is 10.2. The van der Waals surface area contributed by atoms with Gasteiger partial charge in [0.25, 0.3) is 0 Å². The zero-order chi connectivity index (χ0) is 16.9. The smallest absolute Gasteiger partial charge is 0.176 e. The van der Waals surface area contributed by atoms with Crippen LogP contribution in [0, 0.1) is 0 Å². The van der Waals surface area contributed by atoms with Gasteiger partial charge in [0.15, 0.2) is 11.3 Å². The molecule has 0 saturated heterocycles. The third-order valence-corrected chi connectivity index (χ3v) is 3.63. The number of rotatable bonds is 5. The summed E-state index contributed by atoms with van der Waals surface area (Å²) in [7, 11) is 0. The van der Waals surface area contributed by atoms with Crippen molar-refractivity contribution in [2.45, 2.75) is 6.92 Å². The number of aromatic nitrogens is 1. The highest BCUT2D eigenvalue weighted by atomic mass is 35.5. The van der Waals surface area contributed by atoms with E-state index in [2.05, 4.69) is 21.9 Å². The van der Waals surface area contributed by atoms with Gasteiger partial charge in [0.05, 0.1) is 11.9 Å². The third kappa shape index (κ3) is 3.39. The van der Waals surface area contributed by atoms with Gasteiger partial charge in [-0.1, -0.05) is 24.3 Å². The molecule has 1 N–H and O–H groups in total. The largest absolute Gasteiger partial charge is 0.451 e. The predicted molar refractivity (Wildman–Crippen MR) is 101 cm³/mol. The van der Waals surface area contributed by atoms with Gasteiger partial charge in [0.1, 0.15) is 5.70 Å². The van der Waals surface area contributed by atoms with Crippen LogP contribution in [0.2, 0.25) is 5.02 Å². The molecule has 0 fully saturated rings. The standard InChI is InChI=1S/C19H16ClN3O/c1-3-4-10-22-13(2)19-18(16-9-11-21-12-17(16)24-19)23-15-7-5-14(20)6-8-15/h3-12,23H,2H2,1H3/b4-3-,22-10-. The van der Waals surface area contributed by atoms with Crippen LogP contribution in [-0.4, -0.2) is 11.2 Å². The molecule has 4 nitrogen and oxygen atoms in total. The first kappa shape index (κ1) is 16.0. The molecule has 0 bridgehead atoms. The quantitative estimate of drug-likeness (QED) is 0.595. The van der Waals surface area contributed by atoms with Gasteiger partial charge in [-0.25, -0.2) is 0 Å². The van der Waals surface area contributed by atoms with Gasteiger partial charge in [-0.15, -0.1) is 0 Å². The minimum Gasteiger partial charge on any atom is -0.451 e. The van der Waals surface area contributed by atoms with E-state index in [-0.39, 0.29) is 0 Å². The van der Waals surface area contributed by atoms with E-state index >= 15 is 0 Å². The highest BCUT2D eigenvalue weighted by Crippen LogP contribution is 2.36. The molecule has 0 saturated carbocycles. The lowest BCUT2D eigenvalue weighted by molar-refractivity contribution is 0.599. The summed E-state index contributed by atoms with van der Waals surface area (Å²) in [6, 6.07) is 9.35. The van der Waals surface area contributed by atoms with E-state index in [0.717, 1.165) is 16.8 Å². The maximum atomic E-state index is 5.95. The van der Waals surface area contributed by atoms with E-state index in [0.29, 0.717) is 22.1 Å². The molecule has 3 rings (SSSR count). The first-order chi connectivity index (χ1) is 11.7. The topological polar surface area (TPSA) is 50.4 Å². The van der Waals surface area contributed by atoms with Gasteiger partial charge in [-0.05, 0) is 43.3 Å². The predicted octanol–water partition coefficient (Wildman–Crippen LogP) is 5.84. The maximum absolute atomic E-state index is 5.95. The molecule has 0 aliphatic carbocycles. The lowest BCUT2D eigenvalue weighted by Crippen LogP contribution is -1.92. The number of nitrogens with one attached hydrogen (secondary N) is 1. The summed E-state index contributed by atoms with van der Waals surface area (Å²) in [4.78, 5) is 8.42. The van der Waals surface area contributed by atoms with Gasteiger partial charge < -0.3 is 9.73 Å². The van der Waals surface area contributed by atoms with Crippen molar-refractivity contribution in [3.05, 3.63) is 72.2 Å². The van der Waals surface area contributed by atoms with E-state index < -0.39 is 0 Å². The van der Waals surface area contributed by atoms with Crippen LogP contribution in [0.25, 0.3) is 16.7 Å². The molecule has 1 aromatic carbocycles. The monoisotopic (exact) mass is 337 g/mol. The van der Waals surface area contributed by atoms with Crippen LogP contribution >= 0.6 is 11.6 Å². The fraction of sp³-hybridized carbons (Fsp3) is 0.0526. The van der Waals surface area contributed by atoms with E-state index in [1.165, 1.54) is 0 Å². The van der Waals surface area contributed by atoms with Crippen molar-refractivity contribution in [3.8, 4) is 0 Å². The Kier molecular flexibility index (Phi) is 4.77. The third-order valence-electron chi connectivity index (χ3n) is 3.38. The molecule has 0 radical (unpaired) electrons. The highest BCUT2D eigenvalue weighted by molar-refractivity contribution is 6.30. The number of hydrogen-bond acceptors (Lipinski definition) is 4. The number of allylic oxidation sites excluding steroid dienone is 2. The van der Waals surface area contributed by atoms with Crippen molar-refractivity contribution >= 4 is 45.9 Å². The van der Waals surface area contributed by atoms with Crippen molar-refractivity contribution in [2.75, 3.05) is 5.32 Å². The van der Waals surface area contributed by atoms with E-state index in [9.17, 15) is 0 Å². The first-order valence-corrected chi connectivity index (χ1v) is 7.80. The van der Waals surface area contributed by atoms with Crippen molar-refractivity contribution in [1.82, 2.24) is 4.98 Å². The molecular weight excluding hydrogens is 322 g/mol. The van der Waals surface area contributed by atoms with Gasteiger partial charge in [-0.3, -0.25) is 9.98 Å². The molecule has 2 aromatic heterocycles. The van der Waals surface area contributed by atoms with Crippen LogP contribution < -0.4 is 5.32 Å². The molecule has 0 unspecified atom stereocenters. The molecule has 0 aliphatic heterocycles. The van der Waals surface area contributed by atoms with Crippen LogP contribution in [0.15, 0.2) is 70.9 Å². The molecule has 3 aromatic rings. The Hall–Kier alpha value is -2.85. The molecular formula is C19H16ClN3O. The Balaban J connectivity index is 2.04. The number of fused-ring (bicyclic) bond motifs is 1. The Morgan fingerprint density at radius 3 is 2.83 bits per heavy atom. The molecule has 24 heavy (non-hydrogen) atoms. The number of anilines is 2. The summed E-state index contributed by atoms with van der Waals surface area (Å²) < 4.78 is 5.90. The van der Waals surface area contributed by atoms with Crippen molar-refractivity contribution in [1.29, 1.82) is 0 Å². The fourth-order valence-corrected chi connectivity index (χ4v) is 2.36. The molecule has 0 spiro atoms. The normalized spacial score (nSPS) is 11.6.